The minimum absolute atomic E-state index is 0.245. The molecule has 0 aromatic heterocycles. The van der Waals surface area contributed by atoms with Crippen molar-refractivity contribution in [3.63, 3.8) is 0 Å². The number of rotatable bonds is 6. The molecule has 0 unspecified atom stereocenters. The van der Waals surface area contributed by atoms with Gasteiger partial charge in [0.25, 0.3) is 11.5 Å². The fraction of sp³-hybridized carbons (Fsp3) is 0.133. The third kappa shape index (κ3) is 4.29. The van der Waals surface area contributed by atoms with Gasteiger partial charge in [0.1, 0.15) is 6.61 Å². The first-order chi connectivity index (χ1) is 12.5. The normalized spacial score (nSPS) is 11.1. The third-order valence-electron chi connectivity index (χ3n) is 3.34. The average Bonchev–Trinajstić information content (AvgIpc) is 2.59. The van der Waals surface area contributed by atoms with Gasteiger partial charge in [-0.25, -0.2) is 0 Å². The van der Waals surface area contributed by atoms with Gasteiger partial charge in [0.15, 0.2) is 5.75 Å². The number of halogens is 3. The number of hydrogen-bond acceptors (Lipinski definition) is 7. The first-order valence-corrected chi connectivity index (χ1v) is 7.00. The summed E-state index contributed by atoms with van der Waals surface area (Å²) in [5.74, 6) is -4.60. The van der Waals surface area contributed by atoms with E-state index in [0.29, 0.717) is 12.1 Å². The van der Waals surface area contributed by atoms with Crippen molar-refractivity contribution >= 4 is 17.2 Å². The first kappa shape index (κ1) is 19.6. The minimum Gasteiger partial charge on any atom is -0.499 e. The quantitative estimate of drug-likeness (QED) is 0.456. The molecule has 0 saturated heterocycles. The second-order valence-corrected chi connectivity index (χ2v) is 5.11. The summed E-state index contributed by atoms with van der Waals surface area (Å²) in [5.41, 5.74) is -2.05. The van der Waals surface area contributed by atoms with Gasteiger partial charge in [-0.05, 0) is 23.8 Å². The summed E-state index contributed by atoms with van der Waals surface area (Å²) in [7, 11) is 0. The van der Waals surface area contributed by atoms with Gasteiger partial charge >= 0.3 is 11.9 Å². The van der Waals surface area contributed by atoms with Gasteiger partial charge in [0.2, 0.25) is 5.75 Å². The molecule has 2 rings (SSSR count). The van der Waals surface area contributed by atoms with Gasteiger partial charge in [-0.1, -0.05) is 0 Å². The molecule has 0 spiro atoms. The van der Waals surface area contributed by atoms with E-state index < -0.39 is 51.2 Å². The number of Topliss-reactive ketones (excluding diaryl/α,β-unsaturated/α-hetero) is 1. The molecule has 27 heavy (non-hydrogen) atoms. The molecule has 0 heterocycles. The van der Waals surface area contributed by atoms with Crippen LogP contribution in [0.15, 0.2) is 36.4 Å². The van der Waals surface area contributed by atoms with Crippen LogP contribution in [0.5, 0.6) is 11.5 Å². The maximum atomic E-state index is 12.7. The van der Waals surface area contributed by atoms with Crippen molar-refractivity contribution in [1.82, 2.24) is 0 Å². The van der Waals surface area contributed by atoms with Crippen LogP contribution >= 0.6 is 0 Å². The van der Waals surface area contributed by atoms with Crippen LogP contribution in [-0.2, 0) is 6.61 Å². The standard InChI is InChI=1S/C15H9F3N2O7/c16-15(17,18)14(22)10-5-6-11(20(25)26)12(21)13(10)27-7-8-1-3-9(4-2-8)19(23)24/h1-6,21H,7H2. The zero-order valence-corrected chi connectivity index (χ0v) is 13.1. The topological polar surface area (TPSA) is 133 Å². The molecule has 0 aliphatic heterocycles. The lowest BCUT2D eigenvalue weighted by atomic mass is 10.1. The number of carbonyl (C=O) groups excluding carboxylic acids is 1. The van der Waals surface area contributed by atoms with E-state index in [1.54, 1.807) is 0 Å². The van der Waals surface area contributed by atoms with E-state index in [4.69, 9.17) is 4.74 Å². The summed E-state index contributed by atoms with van der Waals surface area (Å²) in [4.78, 5) is 31.2. The molecule has 0 saturated carbocycles. The Bertz CT molecular complexity index is 911. The number of hydrogen-bond donors (Lipinski definition) is 1. The Morgan fingerprint density at radius 2 is 1.63 bits per heavy atom. The van der Waals surface area contributed by atoms with Crippen LogP contribution in [0.4, 0.5) is 24.5 Å². The number of alkyl halides is 3. The number of nitro groups is 2. The van der Waals surface area contributed by atoms with Gasteiger partial charge in [-0.15, -0.1) is 0 Å². The van der Waals surface area contributed by atoms with Crippen molar-refractivity contribution in [2.24, 2.45) is 0 Å². The van der Waals surface area contributed by atoms with Crippen LogP contribution in [0.25, 0.3) is 0 Å². The van der Waals surface area contributed by atoms with Crippen LogP contribution in [-0.4, -0.2) is 26.9 Å². The first-order valence-electron chi connectivity index (χ1n) is 7.00. The highest BCUT2D eigenvalue weighted by Gasteiger charge is 2.42. The highest BCUT2D eigenvalue weighted by Crippen LogP contribution is 2.41. The number of benzene rings is 2. The number of non-ortho nitro benzene ring substituents is 1. The van der Waals surface area contributed by atoms with Crippen molar-refractivity contribution in [3.05, 3.63) is 67.8 Å². The van der Waals surface area contributed by atoms with Crippen LogP contribution in [0.3, 0.4) is 0 Å². The zero-order chi connectivity index (χ0) is 20.4. The molecule has 142 valence electrons. The summed E-state index contributed by atoms with van der Waals surface area (Å²) >= 11 is 0. The monoisotopic (exact) mass is 386 g/mol. The van der Waals surface area contributed by atoms with E-state index in [2.05, 4.69) is 0 Å². The average molecular weight is 386 g/mol. The van der Waals surface area contributed by atoms with Crippen molar-refractivity contribution in [1.29, 1.82) is 0 Å². The number of phenols is 1. The molecule has 0 aliphatic rings. The van der Waals surface area contributed by atoms with Crippen molar-refractivity contribution in [2.75, 3.05) is 0 Å². The lowest BCUT2D eigenvalue weighted by molar-refractivity contribution is -0.386. The van der Waals surface area contributed by atoms with E-state index in [1.165, 1.54) is 12.1 Å². The smallest absolute Gasteiger partial charge is 0.455 e. The maximum absolute atomic E-state index is 12.7. The van der Waals surface area contributed by atoms with E-state index in [1.807, 2.05) is 0 Å². The Hall–Kier alpha value is -3.70. The van der Waals surface area contributed by atoms with Crippen LogP contribution in [0.2, 0.25) is 0 Å². The number of nitro benzene ring substituents is 2. The van der Waals surface area contributed by atoms with Crippen LogP contribution in [0, 0.1) is 20.2 Å². The molecule has 0 radical (unpaired) electrons. The second-order valence-electron chi connectivity index (χ2n) is 5.11. The Balaban J connectivity index is 2.40. The molecular weight excluding hydrogens is 377 g/mol. The van der Waals surface area contributed by atoms with E-state index in [0.717, 1.165) is 12.1 Å². The highest BCUT2D eigenvalue weighted by molar-refractivity contribution is 6.03. The lowest BCUT2D eigenvalue weighted by Crippen LogP contribution is -2.23. The molecule has 0 amide bonds. The predicted octanol–water partition coefficient (Wildman–Crippen LogP) is 3.53. The number of ether oxygens (including phenoxy) is 1. The summed E-state index contributed by atoms with van der Waals surface area (Å²) in [6.45, 7) is -0.509. The molecule has 2 aromatic rings. The number of ketones is 1. The minimum atomic E-state index is -5.30. The molecule has 1 N–H and O–H groups in total. The van der Waals surface area contributed by atoms with Crippen LogP contribution < -0.4 is 4.74 Å². The van der Waals surface area contributed by atoms with Gasteiger partial charge in [0, 0.05) is 18.2 Å². The zero-order valence-electron chi connectivity index (χ0n) is 13.1. The van der Waals surface area contributed by atoms with Gasteiger partial charge < -0.3 is 9.84 Å². The molecular formula is C15H9F3N2O7. The predicted molar refractivity (Wildman–Crippen MR) is 82.6 cm³/mol. The van der Waals surface area contributed by atoms with Crippen molar-refractivity contribution in [3.8, 4) is 11.5 Å². The van der Waals surface area contributed by atoms with Crippen LogP contribution in [0.1, 0.15) is 15.9 Å². The van der Waals surface area contributed by atoms with E-state index >= 15 is 0 Å². The number of nitrogens with zero attached hydrogens (tertiary/aromatic N) is 2. The van der Waals surface area contributed by atoms with Crippen molar-refractivity contribution in [2.45, 2.75) is 12.8 Å². The van der Waals surface area contributed by atoms with Crippen molar-refractivity contribution < 1.29 is 37.7 Å². The lowest BCUT2D eigenvalue weighted by Gasteiger charge is -2.13. The van der Waals surface area contributed by atoms with Gasteiger partial charge in [-0.2, -0.15) is 13.2 Å². The van der Waals surface area contributed by atoms with Gasteiger partial charge in [-0.3, -0.25) is 25.0 Å². The summed E-state index contributed by atoms with van der Waals surface area (Å²) in [5, 5.41) is 31.3. The van der Waals surface area contributed by atoms with Gasteiger partial charge in [0.05, 0.1) is 15.4 Å². The molecule has 2 aromatic carbocycles. The largest absolute Gasteiger partial charge is 0.499 e. The molecule has 0 bridgehead atoms. The fourth-order valence-corrected chi connectivity index (χ4v) is 2.06. The fourth-order valence-electron chi connectivity index (χ4n) is 2.06. The molecule has 12 heteroatoms. The molecule has 0 aliphatic carbocycles. The highest BCUT2D eigenvalue weighted by atomic mass is 19.4. The summed E-state index contributed by atoms with van der Waals surface area (Å²) in [6, 6.07) is 5.75. The third-order valence-corrected chi connectivity index (χ3v) is 3.34. The van der Waals surface area contributed by atoms with E-state index in [9.17, 15) is 43.3 Å². The maximum Gasteiger partial charge on any atom is 0.455 e. The second kappa shape index (κ2) is 7.27. The Kier molecular flexibility index (Phi) is 5.28. The summed E-state index contributed by atoms with van der Waals surface area (Å²) in [6.07, 6.45) is -5.30. The Morgan fingerprint density at radius 3 is 2.11 bits per heavy atom. The SMILES string of the molecule is O=C(c1ccc([N+](=O)[O-])c(O)c1OCc1ccc([N+](=O)[O-])cc1)C(F)(F)F. The number of phenolic OH excluding ortho intramolecular Hbond substituents is 1. The molecule has 0 atom stereocenters. The number of aromatic hydroxyl groups is 1. The number of carbonyl (C=O) groups is 1. The molecule has 9 nitrogen and oxygen atoms in total. The Morgan fingerprint density at radius 1 is 1.04 bits per heavy atom. The summed E-state index contributed by atoms with van der Waals surface area (Å²) < 4.78 is 43.1. The Labute approximate surface area is 147 Å². The molecule has 0 fully saturated rings. The van der Waals surface area contributed by atoms with E-state index in [-0.39, 0.29) is 11.3 Å².